The standard InChI is InChI=1S/C25H33F3N2O4S/c1-2-16-8-17-4-3-7-24(11-16,12-17)15-34-22-10-21(26)20(9-19(22)18-5-6-18)23(31)29-35(32,33)30-13-25(27,28)14-30/h9-10,16-18H,2-8,11-15H2,1H3,(H,29,31). The highest BCUT2D eigenvalue weighted by molar-refractivity contribution is 7.87. The largest absolute Gasteiger partial charge is 0.493 e. The number of carbonyl (C=O) groups is 1. The maximum atomic E-state index is 15.0. The first-order valence-corrected chi connectivity index (χ1v) is 14.1. The minimum Gasteiger partial charge on any atom is -0.493 e. The summed E-state index contributed by atoms with van der Waals surface area (Å²) in [5, 5.41) is 0. The maximum absolute atomic E-state index is 15.0. The summed E-state index contributed by atoms with van der Waals surface area (Å²) in [6.45, 7) is 0.750. The van der Waals surface area contributed by atoms with Gasteiger partial charge < -0.3 is 4.74 Å². The van der Waals surface area contributed by atoms with Gasteiger partial charge in [-0.25, -0.2) is 17.9 Å². The summed E-state index contributed by atoms with van der Waals surface area (Å²) >= 11 is 0. The molecule has 4 aliphatic rings. The summed E-state index contributed by atoms with van der Waals surface area (Å²) in [5.41, 5.74) is 0.383. The first-order valence-electron chi connectivity index (χ1n) is 12.7. The molecule has 0 radical (unpaired) electrons. The van der Waals surface area contributed by atoms with Gasteiger partial charge in [-0.15, -0.1) is 0 Å². The van der Waals surface area contributed by atoms with Crippen LogP contribution < -0.4 is 9.46 Å². The average Bonchev–Trinajstić information content (AvgIpc) is 3.60. The maximum Gasteiger partial charge on any atom is 0.304 e. The van der Waals surface area contributed by atoms with Crippen LogP contribution in [0.2, 0.25) is 0 Å². The third-order valence-electron chi connectivity index (χ3n) is 8.28. The van der Waals surface area contributed by atoms with E-state index in [-0.39, 0.29) is 11.3 Å². The van der Waals surface area contributed by atoms with Gasteiger partial charge in [-0.05, 0) is 67.9 Å². The third-order valence-corrected chi connectivity index (χ3v) is 9.66. The molecule has 10 heteroatoms. The predicted molar refractivity (Wildman–Crippen MR) is 124 cm³/mol. The van der Waals surface area contributed by atoms with E-state index in [0.717, 1.165) is 44.4 Å². The van der Waals surface area contributed by atoms with E-state index in [1.165, 1.54) is 31.4 Å². The number of ether oxygens (including phenoxy) is 1. The average molecular weight is 515 g/mol. The van der Waals surface area contributed by atoms with Crippen LogP contribution in [-0.2, 0) is 10.2 Å². The summed E-state index contributed by atoms with van der Waals surface area (Å²) < 4.78 is 74.1. The van der Waals surface area contributed by atoms with Crippen molar-refractivity contribution < 1.29 is 31.1 Å². The highest BCUT2D eigenvalue weighted by Crippen LogP contribution is 2.52. The Morgan fingerprint density at radius 1 is 1.20 bits per heavy atom. The Hall–Kier alpha value is -1.81. The summed E-state index contributed by atoms with van der Waals surface area (Å²) in [5.74, 6) is -3.20. The summed E-state index contributed by atoms with van der Waals surface area (Å²) in [6.07, 6.45) is 10.0. The molecule has 0 aromatic heterocycles. The van der Waals surface area contributed by atoms with Crippen LogP contribution in [0.3, 0.4) is 0 Å². The molecule has 4 fully saturated rings. The fourth-order valence-electron chi connectivity index (χ4n) is 6.33. The lowest BCUT2D eigenvalue weighted by Crippen LogP contribution is -2.61. The quantitative estimate of drug-likeness (QED) is 0.530. The minimum absolute atomic E-state index is 0.0997. The highest BCUT2D eigenvalue weighted by Gasteiger charge is 2.50. The van der Waals surface area contributed by atoms with Crippen molar-refractivity contribution in [1.82, 2.24) is 9.03 Å². The Labute approximate surface area is 204 Å². The predicted octanol–water partition coefficient (Wildman–Crippen LogP) is 5.00. The van der Waals surface area contributed by atoms with Crippen molar-refractivity contribution in [2.24, 2.45) is 17.3 Å². The molecule has 5 rings (SSSR count). The number of benzene rings is 1. The van der Waals surface area contributed by atoms with Crippen molar-refractivity contribution in [3.63, 3.8) is 0 Å². The number of rotatable bonds is 8. The number of halogens is 3. The molecule has 3 aliphatic carbocycles. The van der Waals surface area contributed by atoms with Crippen LogP contribution in [0.1, 0.15) is 86.6 Å². The first kappa shape index (κ1) is 24.9. The molecule has 1 heterocycles. The Kier molecular flexibility index (Phi) is 6.35. The normalized spacial score (nSPS) is 30.4. The van der Waals surface area contributed by atoms with Crippen LogP contribution in [0, 0.1) is 23.1 Å². The second-order valence-corrected chi connectivity index (χ2v) is 12.8. The Bertz CT molecular complexity index is 1100. The van der Waals surface area contributed by atoms with Crippen LogP contribution in [0.5, 0.6) is 5.75 Å². The van der Waals surface area contributed by atoms with E-state index in [0.29, 0.717) is 28.1 Å². The van der Waals surface area contributed by atoms with Gasteiger partial charge in [-0.3, -0.25) is 4.79 Å². The van der Waals surface area contributed by atoms with Gasteiger partial charge in [0.15, 0.2) is 0 Å². The molecule has 1 N–H and O–H groups in total. The second-order valence-electron chi connectivity index (χ2n) is 11.2. The molecule has 194 valence electrons. The molecular weight excluding hydrogens is 481 g/mol. The van der Waals surface area contributed by atoms with Gasteiger partial charge in [0.1, 0.15) is 11.6 Å². The van der Waals surface area contributed by atoms with Crippen LogP contribution in [0.15, 0.2) is 12.1 Å². The monoisotopic (exact) mass is 514 g/mol. The molecule has 1 amide bonds. The summed E-state index contributed by atoms with van der Waals surface area (Å²) in [6, 6.07) is 2.55. The number of hydrogen-bond donors (Lipinski definition) is 1. The van der Waals surface area contributed by atoms with E-state index in [9.17, 15) is 22.0 Å². The number of nitrogens with zero attached hydrogens (tertiary/aromatic N) is 1. The van der Waals surface area contributed by atoms with E-state index in [4.69, 9.17) is 4.74 Å². The van der Waals surface area contributed by atoms with E-state index in [2.05, 4.69) is 6.92 Å². The second kappa shape index (κ2) is 8.94. The van der Waals surface area contributed by atoms with E-state index < -0.39 is 46.5 Å². The zero-order valence-electron chi connectivity index (χ0n) is 20.0. The van der Waals surface area contributed by atoms with Gasteiger partial charge in [0.05, 0.1) is 25.3 Å². The molecule has 1 aromatic rings. The van der Waals surface area contributed by atoms with Crippen molar-refractivity contribution in [2.75, 3.05) is 19.7 Å². The molecule has 6 nitrogen and oxygen atoms in total. The number of alkyl halides is 2. The minimum atomic E-state index is -4.47. The van der Waals surface area contributed by atoms with Crippen molar-refractivity contribution >= 4 is 16.1 Å². The zero-order chi connectivity index (χ0) is 25.0. The lowest BCUT2D eigenvalue weighted by atomic mass is 9.59. The third kappa shape index (κ3) is 5.19. The van der Waals surface area contributed by atoms with Crippen LogP contribution in [0.4, 0.5) is 13.2 Å². The SMILES string of the molecule is CCC1CC2CCCC(COc3cc(F)c(C(=O)NS(=O)(=O)N4CC(F)(F)C4)cc3C3CC3)(C1)C2. The molecule has 0 spiro atoms. The molecule has 3 saturated carbocycles. The van der Waals surface area contributed by atoms with E-state index in [1.54, 1.807) is 4.72 Å². The summed E-state index contributed by atoms with van der Waals surface area (Å²) in [7, 11) is -4.47. The summed E-state index contributed by atoms with van der Waals surface area (Å²) in [4.78, 5) is 12.6. The van der Waals surface area contributed by atoms with Crippen molar-refractivity contribution in [3.8, 4) is 5.75 Å². The Balaban J connectivity index is 1.32. The topological polar surface area (TPSA) is 75.7 Å². The molecular formula is C25H33F3N2O4S. The Morgan fingerprint density at radius 2 is 1.94 bits per heavy atom. The smallest absolute Gasteiger partial charge is 0.304 e. The van der Waals surface area contributed by atoms with Gasteiger partial charge in [0.25, 0.3) is 11.8 Å². The van der Waals surface area contributed by atoms with Crippen molar-refractivity contribution in [2.45, 2.75) is 76.6 Å². The number of amides is 1. The number of hydrogen-bond acceptors (Lipinski definition) is 4. The van der Waals surface area contributed by atoms with Crippen molar-refractivity contribution in [3.05, 3.63) is 29.1 Å². The molecule has 35 heavy (non-hydrogen) atoms. The number of fused-ring (bicyclic) bond motifs is 2. The highest BCUT2D eigenvalue weighted by atomic mass is 32.2. The van der Waals surface area contributed by atoms with Gasteiger partial charge >= 0.3 is 10.2 Å². The van der Waals surface area contributed by atoms with Gasteiger partial charge in [0.2, 0.25) is 0 Å². The molecule has 3 unspecified atom stereocenters. The fourth-order valence-corrected chi connectivity index (χ4v) is 7.52. The lowest BCUT2D eigenvalue weighted by molar-refractivity contribution is -0.0948. The zero-order valence-corrected chi connectivity index (χ0v) is 20.8. The van der Waals surface area contributed by atoms with Gasteiger partial charge in [0, 0.05) is 11.5 Å². The molecule has 3 atom stereocenters. The molecule has 1 aliphatic heterocycles. The Morgan fingerprint density at radius 3 is 2.60 bits per heavy atom. The van der Waals surface area contributed by atoms with E-state index >= 15 is 4.39 Å². The van der Waals surface area contributed by atoms with Gasteiger partial charge in [-0.2, -0.15) is 12.7 Å². The molecule has 2 bridgehead atoms. The van der Waals surface area contributed by atoms with Crippen LogP contribution >= 0.6 is 0 Å². The lowest BCUT2D eigenvalue weighted by Gasteiger charge is -2.48. The van der Waals surface area contributed by atoms with E-state index in [1.807, 2.05) is 0 Å². The molecule has 1 saturated heterocycles. The molecule has 1 aromatic carbocycles. The van der Waals surface area contributed by atoms with Crippen molar-refractivity contribution in [1.29, 1.82) is 0 Å². The number of carbonyl (C=O) groups excluding carboxylic acids is 1. The van der Waals surface area contributed by atoms with Crippen LogP contribution in [-0.4, -0.2) is 44.2 Å². The fraction of sp³-hybridized carbons (Fsp3) is 0.720. The van der Waals surface area contributed by atoms with Gasteiger partial charge in [-0.1, -0.05) is 26.2 Å². The van der Waals surface area contributed by atoms with Crippen LogP contribution in [0.25, 0.3) is 0 Å². The number of nitrogens with one attached hydrogen (secondary N) is 1. The first-order chi connectivity index (χ1) is 16.5.